The molecule has 0 fully saturated rings. The number of aryl methyl sites for hydroxylation is 1. The predicted octanol–water partition coefficient (Wildman–Crippen LogP) is 5.69. The number of benzene rings is 2. The Morgan fingerprint density at radius 1 is 1.00 bits per heavy atom. The summed E-state index contributed by atoms with van der Waals surface area (Å²) in [5.74, 6) is 0.511. The maximum absolute atomic E-state index is 13.2. The molecular weight excluding hydrogens is 436 g/mol. The van der Waals surface area contributed by atoms with E-state index in [-0.39, 0.29) is 11.4 Å². The van der Waals surface area contributed by atoms with Crippen LogP contribution in [0, 0.1) is 6.92 Å². The predicted molar refractivity (Wildman–Crippen MR) is 141 cm³/mol. The van der Waals surface area contributed by atoms with Crippen LogP contribution in [0.3, 0.4) is 0 Å². The highest BCUT2D eigenvalue weighted by atomic mass is 16.1. The van der Waals surface area contributed by atoms with Crippen molar-refractivity contribution in [1.82, 2.24) is 25.1 Å². The van der Waals surface area contributed by atoms with Gasteiger partial charge in [-0.3, -0.25) is 4.79 Å². The number of H-pyrrole nitrogens is 1. The minimum atomic E-state index is -0.337. The molecule has 0 saturated carbocycles. The molecule has 5 rings (SSSR count). The molecule has 0 spiro atoms. The van der Waals surface area contributed by atoms with Gasteiger partial charge in [-0.2, -0.15) is 5.10 Å². The zero-order valence-electron chi connectivity index (χ0n) is 20.5. The number of amides is 1. The Balaban J connectivity index is 1.38. The van der Waals surface area contributed by atoms with Crippen molar-refractivity contribution in [2.24, 2.45) is 0 Å². The summed E-state index contributed by atoms with van der Waals surface area (Å²) in [4.78, 5) is 21.3. The van der Waals surface area contributed by atoms with Crippen molar-refractivity contribution in [3.63, 3.8) is 0 Å². The van der Waals surface area contributed by atoms with Crippen LogP contribution in [0.25, 0.3) is 21.9 Å². The van der Waals surface area contributed by atoms with Crippen molar-refractivity contribution in [1.29, 1.82) is 0 Å². The zero-order chi connectivity index (χ0) is 24.6. The third-order valence-corrected chi connectivity index (χ3v) is 6.06. The van der Waals surface area contributed by atoms with E-state index in [0.717, 1.165) is 23.0 Å². The van der Waals surface area contributed by atoms with Gasteiger partial charge in [0.25, 0.3) is 5.91 Å². The van der Waals surface area contributed by atoms with Crippen molar-refractivity contribution >= 4 is 39.3 Å². The normalized spacial score (nSPS) is 11.8. The Bertz CT molecular complexity index is 1500. The highest BCUT2D eigenvalue weighted by Crippen LogP contribution is 2.26. The average molecular weight is 467 g/mol. The fourth-order valence-electron chi connectivity index (χ4n) is 4.22. The van der Waals surface area contributed by atoms with Crippen LogP contribution in [0.2, 0.25) is 0 Å². The molecule has 0 atom stereocenters. The Labute approximate surface area is 204 Å². The first-order valence-electron chi connectivity index (χ1n) is 11.9. The summed E-state index contributed by atoms with van der Waals surface area (Å²) >= 11 is 0. The van der Waals surface area contributed by atoms with Gasteiger partial charge in [-0.25, -0.2) is 9.67 Å². The second kappa shape index (κ2) is 8.91. The van der Waals surface area contributed by atoms with Crippen LogP contribution >= 0.6 is 0 Å². The van der Waals surface area contributed by atoms with Crippen LogP contribution in [0.4, 0.5) is 11.5 Å². The molecule has 2 aromatic carbocycles. The van der Waals surface area contributed by atoms with Gasteiger partial charge < -0.3 is 15.6 Å². The molecule has 35 heavy (non-hydrogen) atoms. The summed E-state index contributed by atoms with van der Waals surface area (Å²) in [6.45, 7) is 8.74. The van der Waals surface area contributed by atoms with Gasteiger partial charge in [-0.05, 0) is 70.0 Å². The zero-order valence-corrected chi connectivity index (χ0v) is 20.5. The lowest BCUT2D eigenvalue weighted by Crippen LogP contribution is -2.28. The minimum absolute atomic E-state index is 0.195. The summed E-state index contributed by atoms with van der Waals surface area (Å²) < 4.78 is 1.83. The topological polar surface area (TPSA) is 87.6 Å². The highest BCUT2D eigenvalue weighted by Gasteiger charge is 2.24. The molecular formula is C28H30N6O. The molecule has 7 heteroatoms. The molecule has 1 amide bonds. The van der Waals surface area contributed by atoms with E-state index in [0.29, 0.717) is 23.7 Å². The molecule has 0 aliphatic carbocycles. The number of hydrogen-bond donors (Lipinski definition) is 3. The number of pyridine rings is 1. The summed E-state index contributed by atoms with van der Waals surface area (Å²) in [6.07, 6.45) is 2.74. The number of carbonyl (C=O) groups excluding carboxylic acids is 1. The fraction of sp³-hybridized carbons (Fsp3) is 0.250. The van der Waals surface area contributed by atoms with E-state index in [4.69, 9.17) is 10.1 Å². The van der Waals surface area contributed by atoms with Crippen molar-refractivity contribution in [2.75, 3.05) is 11.9 Å². The third-order valence-electron chi connectivity index (χ3n) is 6.06. The molecule has 0 aliphatic heterocycles. The average Bonchev–Trinajstić information content (AvgIpc) is 3.42. The molecule has 5 aromatic rings. The minimum Gasteiger partial charge on any atom is -0.361 e. The smallest absolute Gasteiger partial charge is 0.272 e. The second-order valence-corrected chi connectivity index (χ2v) is 9.86. The number of hydrogen-bond acceptors (Lipinski definition) is 4. The Kier molecular flexibility index (Phi) is 5.76. The molecule has 0 bridgehead atoms. The van der Waals surface area contributed by atoms with Crippen molar-refractivity contribution in [2.45, 2.75) is 39.7 Å². The van der Waals surface area contributed by atoms with E-state index in [9.17, 15) is 4.79 Å². The Hall–Kier alpha value is -4.13. The first-order valence-corrected chi connectivity index (χ1v) is 11.9. The van der Waals surface area contributed by atoms with Crippen LogP contribution in [0.5, 0.6) is 0 Å². The number of aromatic nitrogens is 4. The molecule has 0 saturated heterocycles. The quantitative estimate of drug-likeness (QED) is 0.300. The maximum Gasteiger partial charge on any atom is 0.272 e. The van der Waals surface area contributed by atoms with Gasteiger partial charge in [-0.1, -0.05) is 35.9 Å². The summed E-state index contributed by atoms with van der Waals surface area (Å²) in [6, 6.07) is 20.1. The van der Waals surface area contributed by atoms with E-state index in [1.807, 2.05) is 47.3 Å². The number of nitrogens with zero attached hydrogens (tertiary/aromatic N) is 3. The van der Waals surface area contributed by atoms with Crippen LogP contribution in [0.1, 0.15) is 42.4 Å². The van der Waals surface area contributed by atoms with Gasteiger partial charge in [0.15, 0.2) is 11.3 Å². The molecule has 0 unspecified atom stereocenters. The first-order chi connectivity index (χ1) is 16.8. The summed E-state index contributed by atoms with van der Waals surface area (Å²) in [5.41, 5.74) is 5.17. The number of anilines is 2. The number of para-hydroxylation sites is 1. The van der Waals surface area contributed by atoms with E-state index in [1.54, 1.807) is 0 Å². The van der Waals surface area contributed by atoms with Gasteiger partial charge in [0, 0.05) is 29.3 Å². The van der Waals surface area contributed by atoms with Crippen LogP contribution in [0.15, 0.2) is 66.9 Å². The number of carbonyl (C=O) groups is 1. The monoisotopic (exact) mass is 466 g/mol. The molecule has 178 valence electrons. The van der Waals surface area contributed by atoms with Gasteiger partial charge in [0.2, 0.25) is 0 Å². The van der Waals surface area contributed by atoms with Gasteiger partial charge in [0.05, 0.1) is 10.9 Å². The lowest BCUT2D eigenvalue weighted by atomic mass is 10.1. The lowest BCUT2D eigenvalue weighted by Gasteiger charge is -2.20. The van der Waals surface area contributed by atoms with Gasteiger partial charge >= 0.3 is 0 Å². The van der Waals surface area contributed by atoms with Gasteiger partial charge in [-0.15, -0.1) is 0 Å². The SMILES string of the molecule is Cc1ccc(Nc2ccc3c(C(=O)NCCc4c[nH]c5ccccc45)nn(C(C)(C)C)c3n2)cc1. The van der Waals surface area contributed by atoms with Crippen LogP contribution in [-0.4, -0.2) is 32.2 Å². The van der Waals surface area contributed by atoms with E-state index >= 15 is 0 Å². The molecule has 3 aromatic heterocycles. The largest absolute Gasteiger partial charge is 0.361 e. The van der Waals surface area contributed by atoms with Crippen molar-refractivity contribution in [3.8, 4) is 0 Å². The van der Waals surface area contributed by atoms with E-state index in [1.165, 1.54) is 16.5 Å². The van der Waals surface area contributed by atoms with E-state index in [2.05, 4.69) is 67.6 Å². The Morgan fingerprint density at radius 3 is 2.54 bits per heavy atom. The van der Waals surface area contributed by atoms with Crippen LogP contribution in [-0.2, 0) is 12.0 Å². The maximum atomic E-state index is 13.2. The molecule has 3 heterocycles. The Morgan fingerprint density at radius 2 is 1.77 bits per heavy atom. The summed E-state index contributed by atoms with van der Waals surface area (Å²) in [7, 11) is 0. The van der Waals surface area contributed by atoms with Gasteiger partial charge in [0.1, 0.15) is 5.82 Å². The lowest BCUT2D eigenvalue weighted by molar-refractivity contribution is 0.0949. The summed E-state index contributed by atoms with van der Waals surface area (Å²) in [5, 5.41) is 13.0. The second-order valence-electron chi connectivity index (χ2n) is 9.86. The number of fused-ring (bicyclic) bond motifs is 2. The van der Waals surface area contributed by atoms with Crippen LogP contribution < -0.4 is 10.6 Å². The number of nitrogens with one attached hydrogen (secondary N) is 3. The van der Waals surface area contributed by atoms with Crippen molar-refractivity contribution < 1.29 is 4.79 Å². The molecule has 7 nitrogen and oxygen atoms in total. The third kappa shape index (κ3) is 4.62. The molecule has 3 N–H and O–H groups in total. The fourth-order valence-corrected chi connectivity index (χ4v) is 4.22. The number of rotatable bonds is 6. The first kappa shape index (κ1) is 22.7. The number of aromatic amines is 1. The highest BCUT2D eigenvalue weighted by molar-refractivity contribution is 6.04. The molecule has 0 radical (unpaired) electrons. The van der Waals surface area contributed by atoms with E-state index < -0.39 is 0 Å². The molecule has 0 aliphatic rings. The van der Waals surface area contributed by atoms with Crippen molar-refractivity contribution in [3.05, 3.63) is 83.7 Å². The standard InChI is InChI=1S/C28H30N6O/c1-18-9-11-20(12-10-18)31-24-14-13-22-25(33-34(26(22)32-24)28(2,3)4)27(35)29-16-15-19-17-30-23-8-6-5-7-21(19)23/h5-14,17,30H,15-16H2,1-4H3,(H,29,35)(H,31,32).